The van der Waals surface area contributed by atoms with Crippen molar-refractivity contribution in [3.63, 3.8) is 0 Å². The maximum Gasteiger partial charge on any atom is 0.0999 e. The fourth-order valence-corrected chi connectivity index (χ4v) is 4.12. The SMILES string of the molecule is Cc1ccc(C(O)(C(C)C)C(CN2CCOCC2)c2ccc(Cl)cc2)cc1. The maximum atomic E-state index is 12.1. The maximum absolute atomic E-state index is 12.1. The summed E-state index contributed by atoms with van der Waals surface area (Å²) in [5, 5.41) is 12.8. The van der Waals surface area contributed by atoms with E-state index in [1.807, 2.05) is 12.1 Å². The van der Waals surface area contributed by atoms with Crippen LogP contribution in [-0.2, 0) is 10.3 Å². The molecule has 1 heterocycles. The topological polar surface area (TPSA) is 32.7 Å². The third-order valence-electron chi connectivity index (χ3n) is 5.74. The van der Waals surface area contributed by atoms with Crippen LogP contribution >= 0.6 is 11.6 Å². The summed E-state index contributed by atoms with van der Waals surface area (Å²) in [4.78, 5) is 2.39. The summed E-state index contributed by atoms with van der Waals surface area (Å²) in [5.41, 5.74) is 2.31. The first-order valence-electron chi connectivity index (χ1n) is 9.76. The molecule has 2 unspecified atom stereocenters. The fourth-order valence-electron chi connectivity index (χ4n) is 3.99. The highest BCUT2D eigenvalue weighted by atomic mass is 35.5. The first-order chi connectivity index (χ1) is 12.9. The first kappa shape index (κ1) is 20.3. The average molecular weight is 388 g/mol. The first-order valence-corrected chi connectivity index (χ1v) is 10.1. The van der Waals surface area contributed by atoms with Crippen LogP contribution < -0.4 is 0 Å². The highest BCUT2D eigenvalue weighted by Crippen LogP contribution is 2.43. The van der Waals surface area contributed by atoms with Crippen molar-refractivity contribution in [3.8, 4) is 0 Å². The second-order valence-electron chi connectivity index (χ2n) is 7.86. The lowest BCUT2D eigenvalue weighted by molar-refractivity contribution is -0.0547. The van der Waals surface area contributed by atoms with Gasteiger partial charge in [-0.1, -0.05) is 67.4 Å². The summed E-state index contributed by atoms with van der Waals surface area (Å²) < 4.78 is 5.51. The minimum atomic E-state index is -0.972. The van der Waals surface area contributed by atoms with Crippen LogP contribution in [0.2, 0.25) is 5.02 Å². The van der Waals surface area contributed by atoms with Crippen molar-refractivity contribution in [1.29, 1.82) is 0 Å². The van der Waals surface area contributed by atoms with Crippen LogP contribution in [0, 0.1) is 12.8 Å². The van der Waals surface area contributed by atoms with Crippen LogP contribution in [0.25, 0.3) is 0 Å². The van der Waals surface area contributed by atoms with Crippen molar-refractivity contribution >= 4 is 11.6 Å². The second-order valence-corrected chi connectivity index (χ2v) is 8.30. The Balaban J connectivity index is 2.03. The van der Waals surface area contributed by atoms with Gasteiger partial charge in [-0.3, -0.25) is 4.90 Å². The monoisotopic (exact) mass is 387 g/mol. The lowest BCUT2D eigenvalue weighted by atomic mass is 9.70. The summed E-state index contributed by atoms with van der Waals surface area (Å²) >= 11 is 6.13. The van der Waals surface area contributed by atoms with Crippen LogP contribution in [0.15, 0.2) is 48.5 Å². The van der Waals surface area contributed by atoms with E-state index in [4.69, 9.17) is 16.3 Å². The molecule has 1 N–H and O–H groups in total. The van der Waals surface area contributed by atoms with Crippen molar-refractivity contribution in [3.05, 3.63) is 70.2 Å². The molecule has 0 spiro atoms. The molecular formula is C23H30ClNO2. The largest absolute Gasteiger partial charge is 0.384 e. The summed E-state index contributed by atoms with van der Waals surface area (Å²) in [7, 11) is 0. The molecule has 0 aromatic heterocycles. The van der Waals surface area contributed by atoms with Crippen molar-refractivity contribution in [2.75, 3.05) is 32.8 Å². The van der Waals surface area contributed by atoms with Crippen LogP contribution in [0.1, 0.15) is 36.5 Å². The molecule has 146 valence electrons. The molecule has 3 rings (SSSR count). The number of aliphatic hydroxyl groups is 1. The van der Waals surface area contributed by atoms with Crippen molar-refractivity contribution in [2.24, 2.45) is 5.92 Å². The highest BCUT2D eigenvalue weighted by molar-refractivity contribution is 6.30. The minimum Gasteiger partial charge on any atom is -0.384 e. The van der Waals surface area contributed by atoms with E-state index in [1.54, 1.807) is 0 Å². The Morgan fingerprint density at radius 3 is 2.19 bits per heavy atom. The van der Waals surface area contributed by atoms with Crippen LogP contribution in [-0.4, -0.2) is 42.9 Å². The molecule has 1 fully saturated rings. The Morgan fingerprint density at radius 1 is 1.04 bits per heavy atom. The van der Waals surface area contributed by atoms with Gasteiger partial charge >= 0.3 is 0 Å². The van der Waals surface area contributed by atoms with Crippen LogP contribution in [0.3, 0.4) is 0 Å². The normalized spacial score (nSPS) is 19.0. The number of halogens is 1. The summed E-state index contributed by atoms with van der Waals surface area (Å²) in [5.74, 6) is -0.00232. The van der Waals surface area contributed by atoms with Crippen LogP contribution in [0.5, 0.6) is 0 Å². The molecule has 2 aromatic rings. The minimum absolute atomic E-state index is 0.0573. The van der Waals surface area contributed by atoms with E-state index in [0.29, 0.717) is 5.02 Å². The van der Waals surface area contributed by atoms with Gasteiger partial charge in [0.2, 0.25) is 0 Å². The Labute approximate surface area is 167 Å². The molecule has 1 saturated heterocycles. The molecule has 1 aliphatic heterocycles. The zero-order valence-electron chi connectivity index (χ0n) is 16.5. The smallest absolute Gasteiger partial charge is 0.0999 e. The summed E-state index contributed by atoms with van der Waals surface area (Å²) in [6.45, 7) is 10.3. The standard InChI is InChI=1S/C23H30ClNO2/c1-17(2)23(26,20-8-4-18(3)5-9-20)22(16-25-12-14-27-15-13-25)19-6-10-21(24)11-7-19/h4-11,17,22,26H,12-16H2,1-3H3. The molecule has 3 nitrogen and oxygen atoms in total. The van der Waals surface area contributed by atoms with Gasteiger partial charge in [-0.15, -0.1) is 0 Å². The van der Waals surface area contributed by atoms with Gasteiger partial charge in [0.15, 0.2) is 0 Å². The number of morpholine rings is 1. The molecule has 0 aliphatic carbocycles. The fraction of sp³-hybridized carbons (Fsp3) is 0.478. The van der Waals surface area contributed by atoms with Gasteiger partial charge in [0, 0.05) is 30.6 Å². The van der Waals surface area contributed by atoms with Gasteiger partial charge in [-0.2, -0.15) is 0 Å². The molecule has 2 aromatic carbocycles. The average Bonchev–Trinajstić information content (AvgIpc) is 2.67. The molecule has 4 heteroatoms. The predicted molar refractivity (Wildman–Crippen MR) is 111 cm³/mol. The molecule has 0 amide bonds. The second kappa shape index (κ2) is 8.74. The summed E-state index contributed by atoms with van der Waals surface area (Å²) in [6, 6.07) is 16.2. The van der Waals surface area contributed by atoms with E-state index in [0.717, 1.165) is 44.0 Å². The van der Waals surface area contributed by atoms with Crippen LogP contribution in [0.4, 0.5) is 0 Å². The van der Waals surface area contributed by atoms with Gasteiger partial charge in [0.05, 0.1) is 18.8 Å². The van der Waals surface area contributed by atoms with Crippen molar-refractivity contribution in [1.82, 2.24) is 4.90 Å². The number of hydrogen-bond acceptors (Lipinski definition) is 3. The van der Waals surface area contributed by atoms with E-state index in [2.05, 4.69) is 62.1 Å². The third-order valence-corrected chi connectivity index (χ3v) is 5.99. The number of nitrogens with zero attached hydrogens (tertiary/aromatic N) is 1. The number of ether oxygens (including phenoxy) is 1. The quantitative estimate of drug-likeness (QED) is 0.785. The molecule has 1 aliphatic rings. The Morgan fingerprint density at radius 2 is 1.63 bits per heavy atom. The number of aryl methyl sites for hydroxylation is 1. The zero-order valence-corrected chi connectivity index (χ0v) is 17.2. The van der Waals surface area contributed by atoms with E-state index < -0.39 is 5.60 Å². The van der Waals surface area contributed by atoms with Crippen molar-refractivity contribution in [2.45, 2.75) is 32.3 Å². The highest BCUT2D eigenvalue weighted by Gasteiger charge is 2.43. The van der Waals surface area contributed by atoms with Gasteiger partial charge in [-0.05, 0) is 36.1 Å². The molecule has 0 radical (unpaired) electrons. The predicted octanol–water partition coefficient (Wildman–Crippen LogP) is 4.61. The molecule has 0 saturated carbocycles. The molecule has 0 bridgehead atoms. The summed E-state index contributed by atoms with van der Waals surface area (Å²) in [6.07, 6.45) is 0. The number of hydrogen-bond donors (Lipinski definition) is 1. The van der Waals surface area contributed by atoms with Gasteiger partial charge < -0.3 is 9.84 Å². The molecule has 2 atom stereocenters. The molecule has 27 heavy (non-hydrogen) atoms. The van der Waals surface area contributed by atoms with Crippen molar-refractivity contribution < 1.29 is 9.84 Å². The Bertz CT molecular complexity index is 723. The number of rotatable bonds is 6. The van der Waals surface area contributed by atoms with E-state index in [9.17, 15) is 5.11 Å². The lowest BCUT2D eigenvalue weighted by Crippen LogP contribution is -2.47. The van der Waals surface area contributed by atoms with E-state index in [-0.39, 0.29) is 11.8 Å². The van der Waals surface area contributed by atoms with Gasteiger partial charge in [0.1, 0.15) is 0 Å². The van der Waals surface area contributed by atoms with E-state index in [1.165, 1.54) is 5.56 Å². The Kier molecular flexibility index (Phi) is 6.59. The molecular weight excluding hydrogens is 358 g/mol. The van der Waals surface area contributed by atoms with Gasteiger partial charge in [0.25, 0.3) is 0 Å². The van der Waals surface area contributed by atoms with Gasteiger partial charge in [-0.25, -0.2) is 0 Å². The third kappa shape index (κ3) is 4.55. The lowest BCUT2D eigenvalue weighted by Gasteiger charge is -2.43. The number of benzene rings is 2. The van der Waals surface area contributed by atoms with E-state index >= 15 is 0 Å². The zero-order chi connectivity index (χ0) is 19.4. The Hall–Kier alpha value is -1.39.